The van der Waals surface area contributed by atoms with E-state index in [0.29, 0.717) is 92.3 Å². The summed E-state index contributed by atoms with van der Waals surface area (Å²) < 4.78 is 84.4. The molecule has 0 saturated carbocycles. The summed E-state index contributed by atoms with van der Waals surface area (Å²) in [6.07, 6.45) is -0.222. The lowest BCUT2D eigenvalue weighted by molar-refractivity contribution is -0.123. The van der Waals surface area contributed by atoms with Crippen molar-refractivity contribution >= 4 is 10.2 Å². The van der Waals surface area contributed by atoms with Crippen LogP contribution in [0.1, 0.15) is 104 Å². The second-order valence-corrected chi connectivity index (χ2v) is 14.7. The summed E-state index contributed by atoms with van der Waals surface area (Å²) in [7, 11) is -9.85. The van der Waals surface area contributed by atoms with Gasteiger partial charge in [0.05, 0.1) is 23.1 Å². The second kappa shape index (κ2) is 8.61. The van der Waals surface area contributed by atoms with E-state index in [4.69, 9.17) is 14.5 Å². The van der Waals surface area contributed by atoms with E-state index >= 15 is 0 Å². The molecule has 12 heteroatoms. The molecule has 3 N–H and O–H groups in total. The van der Waals surface area contributed by atoms with Crippen molar-refractivity contribution in [2.75, 3.05) is 26.4 Å². The first-order valence-corrected chi connectivity index (χ1v) is 15.6. The smallest absolute Gasteiger partial charge is 0.310 e. The maximum absolute atomic E-state index is 13.5. The minimum absolute atomic E-state index is 0.0454. The van der Waals surface area contributed by atoms with Crippen LogP contribution >= 0.6 is 10.2 Å². The maximum Gasteiger partial charge on any atom is 0.310 e. The predicted octanol–water partition coefficient (Wildman–Crippen LogP) is 6.77. The number of ether oxygens (including phenoxy) is 3. The Kier molecular flexibility index (Phi) is 6.09. The summed E-state index contributed by atoms with van der Waals surface area (Å²) in [5.74, 6) is -0.0454. The monoisotopic (exact) mass is 592 g/mol. The molecule has 4 heterocycles. The van der Waals surface area contributed by atoms with Gasteiger partial charge in [-0.3, -0.25) is 4.98 Å². The van der Waals surface area contributed by atoms with Crippen molar-refractivity contribution < 1.29 is 43.9 Å². The standard InChI is InChI=1S/C28H34F5NO5S/c1-27(2)15-19(35)20-22-21(23(34-24(20)26(27)36)16-7-11-37-12-8-16)25(39-28(22)9-13-38-14-10-28)17-3-5-18(6-4-17)40(29,30,31,32)33/h3-6,16,19,25-26,35-36H,7-15H2,1-2H3/p+1. The first-order valence-electron chi connectivity index (χ1n) is 13.7. The van der Waals surface area contributed by atoms with E-state index in [1.807, 2.05) is 13.8 Å². The molecule has 4 aliphatic rings. The van der Waals surface area contributed by atoms with Gasteiger partial charge in [-0.05, 0) is 35.1 Å². The average Bonchev–Trinajstić information content (AvgIpc) is 3.20. The number of nitrogens with zero attached hydrogens (tertiary/aromatic N) is 1. The van der Waals surface area contributed by atoms with Crippen LogP contribution in [-0.2, 0) is 15.1 Å². The molecule has 3 aliphatic heterocycles. The van der Waals surface area contributed by atoms with Crippen LogP contribution in [0, 0.1) is 5.41 Å². The van der Waals surface area contributed by atoms with E-state index in [0.717, 1.165) is 17.7 Å². The maximum atomic E-state index is 13.5. The van der Waals surface area contributed by atoms with Crippen molar-refractivity contribution in [1.29, 1.82) is 0 Å². The van der Waals surface area contributed by atoms with Crippen LogP contribution in [0.15, 0.2) is 29.2 Å². The topological polar surface area (TPSA) is 84.6 Å². The molecular weight excluding hydrogens is 557 g/mol. The van der Waals surface area contributed by atoms with Gasteiger partial charge in [0.15, 0.2) is 0 Å². The van der Waals surface area contributed by atoms with Crippen LogP contribution in [0.4, 0.5) is 19.4 Å². The Balaban J connectivity index is 1.60. The lowest BCUT2D eigenvalue weighted by Crippen LogP contribution is -2.38. The van der Waals surface area contributed by atoms with E-state index < -0.39 is 44.4 Å². The normalized spacial score (nSPS) is 29.9. The highest BCUT2D eigenvalue weighted by Crippen LogP contribution is 3.02. The van der Waals surface area contributed by atoms with E-state index in [2.05, 4.69) is 4.74 Å². The lowest BCUT2D eigenvalue weighted by Gasteiger charge is -2.42. The van der Waals surface area contributed by atoms with E-state index in [9.17, 15) is 29.6 Å². The summed E-state index contributed by atoms with van der Waals surface area (Å²) in [5.41, 5.74) is 1.71. The fourth-order valence-corrected chi connectivity index (χ4v) is 7.57. The van der Waals surface area contributed by atoms with Crippen molar-refractivity contribution in [3.63, 3.8) is 0 Å². The third kappa shape index (κ3) is 4.64. The van der Waals surface area contributed by atoms with Gasteiger partial charge in [0.1, 0.15) is 30.3 Å². The fourth-order valence-electron chi connectivity index (χ4n) is 6.92. The van der Waals surface area contributed by atoms with E-state index in [1.165, 1.54) is 0 Å². The fraction of sp³-hybridized carbons (Fsp3) is 0.607. The van der Waals surface area contributed by atoms with Crippen molar-refractivity contribution in [3.8, 4) is 0 Å². The molecule has 1 aromatic carbocycles. The van der Waals surface area contributed by atoms with Gasteiger partial charge in [-0.2, -0.15) is 0 Å². The van der Waals surface area contributed by atoms with Gasteiger partial charge in [-0.15, -0.1) is 0 Å². The molecule has 2 aromatic rings. The number of aliphatic hydroxyl groups excluding tert-OH is 2. The predicted molar refractivity (Wildman–Crippen MR) is 139 cm³/mol. The molecule has 1 aliphatic carbocycles. The number of halogens is 5. The number of aliphatic hydroxyl groups is 4. The molecule has 222 valence electrons. The Bertz CT molecular complexity index is 1320. The third-order valence-corrected chi connectivity index (χ3v) is 10.2. The van der Waals surface area contributed by atoms with Gasteiger partial charge in [-0.1, -0.05) is 45.4 Å². The zero-order chi connectivity index (χ0) is 28.8. The Hall–Kier alpha value is -1.83. The number of rotatable bonds is 3. The van der Waals surface area contributed by atoms with Crippen LogP contribution in [-0.4, -0.2) is 46.4 Å². The summed E-state index contributed by atoms with van der Waals surface area (Å²) >= 11 is 0. The molecule has 1 spiro atoms. The number of hydrogen-bond acceptors (Lipinski definition) is 5. The summed E-state index contributed by atoms with van der Waals surface area (Å²) in [6.45, 7) is 5.74. The van der Waals surface area contributed by atoms with Crippen LogP contribution in [0.5, 0.6) is 0 Å². The minimum atomic E-state index is -9.85. The Morgan fingerprint density at radius 2 is 1.55 bits per heavy atom. The Morgan fingerprint density at radius 1 is 0.925 bits per heavy atom. The van der Waals surface area contributed by atoms with Gasteiger partial charge >= 0.3 is 10.2 Å². The van der Waals surface area contributed by atoms with Crippen LogP contribution in [0.3, 0.4) is 0 Å². The molecule has 6 rings (SSSR count). The zero-order valence-corrected chi connectivity index (χ0v) is 23.2. The second-order valence-electron chi connectivity index (χ2n) is 12.3. The van der Waals surface area contributed by atoms with Crippen molar-refractivity contribution in [1.82, 2.24) is 4.98 Å². The zero-order valence-electron chi connectivity index (χ0n) is 22.4. The summed E-state index contributed by atoms with van der Waals surface area (Å²) in [4.78, 5) is 3.05. The molecule has 40 heavy (non-hydrogen) atoms. The molecule has 2 fully saturated rings. The largest absolute Gasteiger partial charge is 0.434 e. The van der Waals surface area contributed by atoms with E-state index in [-0.39, 0.29) is 12.3 Å². The third-order valence-electron chi connectivity index (χ3n) is 9.03. The number of fused-ring (bicyclic) bond motifs is 4. The van der Waals surface area contributed by atoms with Gasteiger partial charge in [0, 0.05) is 55.9 Å². The minimum Gasteiger partial charge on any atom is -0.434 e. The molecule has 3 atom stereocenters. The molecule has 0 radical (unpaired) electrons. The summed E-state index contributed by atoms with van der Waals surface area (Å²) in [5, 5.41) is 22.9. The van der Waals surface area contributed by atoms with Crippen LogP contribution < -0.4 is 0 Å². The highest BCUT2D eigenvalue weighted by Gasteiger charge is 2.65. The molecule has 2 saturated heterocycles. The molecule has 3 unspecified atom stereocenters. The molecule has 0 amide bonds. The number of pyridine rings is 1. The Labute approximate surface area is 229 Å². The number of aromatic nitrogens is 1. The van der Waals surface area contributed by atoms with Crippen molar-refractivity contribution in [2.45, 2.75) is 80.7 Å². The van der Waals surface area contributed by atoms with Crippen molar-refractivity contribution in [3.05, 3.63) is 57.9 Å². The first kappa shape index (κ1) is 28.3. The van der Waals surface area contributed by atoms with Crippen molar-refractivity contribution in [2.24, 2.45) is 5.41 Å². The van der Waals surface area contributed by atoms with Gasteiger partial charge < -0.3 is 24.4 Å². The Morgan fingerprint density at radius 3 is 2.15 bits per heavy atom. The average molecular weight is 593 g/mol. The molecular formula is C28H35F5NO5S+. The highest BCUT2D eigenvalue weighted by atomic mass is 32.5. The van der Waals surface area contributed by atoms with Gasteiger partial charge in [0.25, 0.3) is 0 Å². The summed E-state index contributed by atoms with van der Waals surface area (Å²) in [6, 6.07) is 2.93. The van der Waals surface area contributed by atoms with Crippen LogP contribution in [0.25, 0.3) is 0 Å². The van der Waals surface area contributed by atoms with E-state index in [1.54, 1.807) is 0 Å². The molecule has 1 aromatic heterocycles. The number of hydrogen-bond donors (Lipinski definition) is 2. The quantitative estimate of drug-likeness (QED) is 0.304. The first-order chi connectivity index (χ1) is 18.5. The van der Waals surface area contributed by atoms with Gasteiger partial charge in [0.2, 0.25) is 0 Å². The SMILES string of the molecule is CC1(C)CC(O)c2c(nc(C3CC[OH+]CC3)c3c2C2(CCOCC2)OC3c2ccc(S(F)(F)(F)(F)F)cc2)C1O. The lowest BCUT2D eigenvalue weighted by atomic mass is 9.68. The van der Waals surface area contributed by atoms with Crippen LogP contribution in [0.2, 0.25) is 0 Å². The molecule has 0 bridgehead atoms. The molecule has 6 nitrogen and oxygen atoms in total. The highest BCUT2D eigenvalue weighted by molar-refractivity contribution is 8.45. The van der Waals surface area contributed by atoms with Gasteiger partial charge in [-0.25, -0.2) is 0 Å². The number of benzene rings is 1.